The van der Waals surface area contributed by atoms with Gasteiger partial charge in [0, 0.05) is 18.7 Å². The maximum absolute atomic E-state index is 14.0. The molecule has 0 aromatic heterocycles. The van der Waals surface area contributed by atoms with Gasteiger partial charge in [0.1, 0.15) is 24.1 Å². The predicted molar refractivity (Wildman–Crippen MR) is 114 cm³/mol. The minimum absolute atomic E-state index is 0.0184. The molecule has 0 radical (unpaired) electrons. The van der Waals surface area contributed by atoms with E-state index in [1.54, 1.807) is 24.3 Å². The van der Waals surface area contributed by atoms with Crippen molar-refractivity contribution in [1.29, 1.82) is 5.26 Å². The van der Waals surface area contributed by atoms with Crippen LogP contribution in [0.25, 0.3) is 6.08 Å². The standard InChI is InChI=1S/C23H22ClFN2O4/c1-29-21-8-7-15(10-16(12-26)23(28)27-13-17-4-3-9-30-17)11-22(21)31-14-18-19(24)5-2-6-20(18)25/h2,5-8,10-11,17H,3-4,9,13-14H2,1H3,(H,27,28)/b16-10-/t17-/m1/s1. The highest BCUT2D eigenvalue weighted by molar-refractivity contribution is 6.31. The van der Waals surface area contributed by atoms with Gasteiger partial charge >= 0.3 is 0 Å². The number of rotatable bonds is 8. The molecule has 1 saturated heterocycles. The molecule has 31 heavy (non-hydrogen) atoms. The minimum atomic E-state index is -0.477. The number of amides is 1. The summed E-state index contributed by atoms with van der Waals surface area (Å²) in [7, 11) is 1.48. The average molecular weight is 445 g/mol. The number of benzene rings is 2. The number of ether oxygens (including phenoxy) is 3. The van der Waals surface area contributed by atoms with E-state index >= 15 is 0 Å². The van der Waals surface area contributed by atoms with Gasteiger partial charge in [0.15, 0.2) is 11.5 Å². The average Bonchev–Trinajstić information content (AvgIpc) is 3.29. The third-order valence-electron chi connectivity index (χ3n) is 4.81. The molecule has 1 aliphatic heterocycles. The summed E-state index contributed by atoms with van der Waals surface area (Å²) in [4.78, 5) is 12.4. The summed E-state index contributed by atoms with van der Waals surface area (Å²) in [6.45, 7) is 0.939. The van der Waals surface area contributed by atoms with Gasteiger partial charge in [-0.25, -0.2) is 4.39 Å². The second-order valence-corrected chi connectivity index (χ2v) is 7.32. The number of nitrogens with one attached hydrogen (secondary N) is 1. The first-order chi connectivity index (χ1) is 15.0. The zero-order valence-corrected chi connectivity index (χ0v) is 17.7. The fourth-order valence-electron chi connectivity index (χ4n) is 3.14. The van der Waals surface area contributed by atoms with Gasteiger partial charge in [-0.2, -0.15) is 5.26 Å². The third kappa shape index (κ3) is 5.97. The first-order valence-corrected chi connectivity index (χ1v) is 10.1. The topological polar surface area (TPSA) is 80.6 Å². The molecule has 0 unspecified atom stereocenters. The van der Waals surface area contributed by atoms with Crippen molar-refractivity contribution in [3.8, 4) is 17.6 Å². The van der Waals surface area contributed by atoms with Crippen molar-refractivity contribution in [3.63, 3.8) is 0 Å². The molecular weight excluding hydrogens is 423 g/mol. The number of carbonyl (C=O) groups is 1. The lowest BCUT2D eigenvalue weighted by atomic mass is 10.1. The summed E-state index contributed by atoms with van der Waals surface area (Å²) in [5, 5.41) is 12.4. The Bertz CT molecular complexity index is 993. The maximum Gasteiger partial charge on any atom is 0.262 e. The van der Waals surface area contributed by atoms with Crippen LogP contribution in [0.4, 0.5) is 4.39 Å². The highest BCUT2D eigenvalue weighted by Crippen LogP contribution is 2.31. The summed E-state index contributed by atoms with van der Waals surface area (Å²) < 4.78 is 30.5. The van der Waals surface area contributed by atoms with Gasteiger partial charge in [-0.15, -0.1) is 0 Å². The van der Waals surface area contributed by atoms with Gasteiger partial charge in [0.25, 0.3) is 5.91 Å². The summed E-state index contributed by atoms with van der Waals surface area (Å²) in [6.07, 6.45) is 3.29. The summed E-state index contributed by atoms with van der Waals surface area (Å²) in [6, 6.07) is 11.2. The number of hydrogen-bond acceptors (Lipinski definition) is 5. The van der Waals surface area contributed by atoms with Crippen LogP contribution in [0.15, 0.2) is 42.0 Å². The summed E-state index contributed by atoms with van der Waals surface area (Å²) >= 11 is 6.05. The van der Waals surface area contributed by atoms with E-state index in [1.807, 2.05) is 6.07 Å². The van der Waals surface area contributed by atoms with E-state index in [2.05, 4.69) is 5.32 Å². The van der Waals surface area contributed by atoms with Crippen LogP contribution in [-0.4, -0.2) is 32.3 Å². The van der Waals surface area contributed by atoms with Crippen molar-refractivity contribution in [2.75, 3.05) is 20.3 Å². The number of nitrogens with zero attached hydrogens (tertiary/aromatic N) is 1. The van der Waals surface area contributed by atoms with E-state index in [1.165, 1.54) is 25.3 Å². The van der Waals surface area contributed by atoms with Crippen molar-refractivity contribution < 1.29 is 23.4 Å². The van der Waals surface area contributed by atoms with E-state index in [0.717, 1.165) is 12.8 Å². The molecule has 2 aromatic rings. The normalized spacial score (nSPS) is 15.9. The zero-order valence-electron chi connectivity index (χ0n) is 17.0. The van der Waals surface area contributed by atoms with Crippen LogP contribution in [0, 0.1) is 17.1 Å². The zero-order chi connectivity index (χ0) is 22.2. The third-order valence-corrected chi connectivity index (χ3v) is 5.17. The molecule has 1 heterocycles. The fraction of sp³-hybridized carbons (Fsp3) is 0.304. The molecule has 1 amide bonds. The molecular formula is C23H22ClFN2O4. The molecule has 0 saturated carbocycles. The van der Waals surface area contributed by atoms with Crippen molar-refractivity contribution in [2.24, 2.45) is 0 Å². The summed E-state index contributed by atoms with van der Waals surface area (Å²) in [5.41, 5.74) is 0.726. The van der Waals surface area contributed by atoms with Gasteiger partial charge in [-0.3, -0.25) is 4.79 Å². The Morgan fingerprint density at radius 3 is 2.90 bits per heavy atom. The molecule has 8 heteroatoms. The van der Waals surface area contributed by atoms with E-state index in [-0.39, 0.29) is 28.9 Å². The molecule has 1 aliphatic rings. The number of halogens is 2. The molecule has 1 atom stereocenters. The van der Waals surface area contributed by atoms with Crippen LogP contribution >= 0.6 is 11.6 Å². The summed E-state index contributed by atoms with van der Waals surface area (Å²) in [5.74, 6) is -0.204. The second-order valence-electron chi connectivity index (χ2n) is 6.91. The highest BCUT2D eigenvalue weighted by Gasteiger charge is 2.18. The number of nitriles is 1. The van der Waals surface area contributed by atoms with Crippen LogP contribution in [-0.2, 0) is 16.1 Å². The molecule has 6 nitrogen and oxygen atoms in total. The van der Waals surface area contributed by atoms with Crippen LogP contribution in [0.1, 0.15) is 24.0 Å². The van der Waals surface area contributed by atoms with E-state index in [0.29, 0.717) is 30.2 Å². The van der Waals surface area contributed by atoms with E-state index in [4.69, 9.17) is 25.8 Å². The number of carbonyl (C=O) groups excluding carboxylic acids is 1. The smallest absolute Gasteiger partial charge is 0.262 e. The van der Waals surface area contributed by atoms with Crippen molar-refractivity contribution in [1.82, 2.24) is 5.32 Å². The lowest BCUT2D eigenvalue weighted by molar-refractivity contribution is -0.117. The first-order valence-electron chi connectivity index (χ1n) is 9.77. The Labute approximate surface area is 185 Å². The van der Waals surface area contributed by atoms with Gasteiger partial charge in [-0.1, -0.05) is 23.7 Å². The predicted octanol–water partition coefficient (Wildman–Crippen LogP) is 4.27. The van der Waals surface area contributed by atoms with Crippen LogP contribution < -0.4 is 14.8 Å². The van der Waals surface area contributed by atoms with Crippen molar-refractivity contribution in [2.45, 2.75) is 25.6 Å². The molecule has 0 aliphatic carbocycles. The molecule has 0 spiro atoms. The molecule has 0 bridgehead atoms. The van der Waals surface area contributed by atoms with Crippen molar-refractivity contribution >= 4 is 23.6 Å². The Balaban J connectivity index is 1.74. The fourth-order valence-corrected chi connectivity index (χ4v) is 3.36. The number of hydrogen-bond donors (Lipinski definition) is 1. The Morgan fingerprint density at radius 2 is 2.23 bits per heavy atom. The van der Waals surface area contributed by atoms with E-state index in [9.17, 15) is 14.4 Å². The largest absolute Gasteiger partial charge is 0.493 e. The van der Waals surface area contributed by atoms with Gasteiger partial charge < -0.3 is 19.5 Å². The SMILES string of the molecule is COc1ccc(/C=C(/C#N)C(=O)NC[C@H]2CCCO2)cc1OCc1c(F)cccc1Cl. The molecule has 1 N–H and O–H groups in total. The van der Waals surface area contributed by atoms with E-state index < -0.39 is 11.7 Å². The molecule has 162 valence electrons. The Morgan fingerprint density at radius 1 is 1.39 bits per heavy atom. The monoisotopic (exact) mass is 444 g/mol. The quantitative estimate of drug-likeness (QED) is 0.486. The Kier molecular flexibility index (Phi) is 7.88. The molecule has 1 fully saturated rings. The number of methoxy groups -OCH3 is 1. The van der Waals surface area contributed by atoms with Gasteiger partial charge in [-0.05, 0) is 48.7 Å². The van der Waals surface area contributed by atoms with Gasteiger partial charge in [0.2, 0.25) is 0 Å². The van der Waals surface area contributed by atoms with Crippen molar-refractivity contribution in [3.05, 3.63) is 63.9 Å². The Hall–Kier alpha value is -3.08. The second kappa shape index (κ2) is 10.8. The lowest BCUT2D eigenvalue weighted by Gasteiger charge is -2.13. The molecule has 2 aromatic carbocycles. The minimum Gasteiger partial charge on any atom is -0.493 e. The van der Waals surface area contributed by atoms with Gasteiger partial charge in [0.05, 0.1) is 18.2 Å². The first kappa shape index (κ1) is 22.6. The van der Waals surface area contributed by atoms with Crippen LogP contribution in [0.3, 0.4) is 0 Å². The van der Waals surface area contributed by atoms with Crippen LogP contribution in [0.5, 0.6) is 11.5 Å². The maximum atomic E-state index is 14.0. The molecule has 3 rings (SSSR count). The van der Waals surface area contributed by atoms with Crippen LogP contribution in [0.2, 0.25) is 5.02 Å². The lowest BCUT2D eigenvalue weighted by Crippen LogP contribution is -2.32. The highest BCUT2D eigenvalue weighted by atomic mass is 35.5.